The van der Waals surface area contributed by atoms with E-state index in [2.05, 4.69) is 10.6 Å². The molecule has 5 nitrogen and oxygen atoms in total. The molecule has 4 unspecified atom stereocenters. The average Bonchev–Trinajstić information content (AvgIpc) is 2.64. The first-order valence-corrected chi connectivity index (χ1v) is 7.12. The molecule has 4 atom stereocenters. The standard InChI is InChI=1S/C10H20N2O3S/c1-7(6-16(3)14)12-10(13)9-4-8(15-2)5-11-9/h7-9,11H,4-6H2,1-3H3,(H,12,13). The van der Waals surface area contributed by atoms with Gasteiger partial charge in [0, 0.05) is 42.5 Å². The second kappa shape index (κ2) is 6.32. The third-order valence-corrected chi connectivity index (χ3v) is 3.58. The second-order valence-corrected chi connectivity index (χ2v) is 5.68. The molecule has 0 radical (unpaired) electrons. The maximum Gasteiger partial charge on any atom is 0.237 e. The molecule has 0 aliphatic carbocycles. The molecule has 0 spiro atoms. The maximum absolute atomic E-state index is 11.8. The molecule has 2 N–H and O–H groups in total. The molecule has 0 bridgehead atoms. The van der Waals surface area contributed by atoms with Gasteiger partial charge in [-0.2, -0.15) is 0 Å². The summed E-state index contributed by atoms with van der Waals surface area (Å²) in [6.45, 7) is 2.57. The smallest absolute Gasteiger partial charge is 0.237 e. The van der Waals surface area contributed by atoms with E-state index in [4.69, 9.17) is 4.74 Å². The third kappa shape index (κ3) is 4.19. The largest absolute Gasteiger partial charge is 0.380 e. The number of methoxy groups -OCH3 is 1. The van der Waals surface area contributed by atoms with Gasteiger partial charge >= 0.3 is 0 Å². The van der Waals surface area contributed by atoms with Crippen molar-refractivity contribution >= 4 is 16.7 Å². The molecular formula is C10H20N2O3S. The van der Waals surface area contributed by atoms with Crippen molar-refractivity contribution in [2.24, 2.45) is 0 Å². The summed E-state index contributed by atoms with van der Waals surface area (Å²) in [6.07, 6.45) is 2.45. The van der Waals surface area contributed by atoms with Gasteiger partial charge < -0.3 is 15.4 Å². The fraction of sp³-hybridized carbons (Fsp3) is 0.900. The lowest BCUT2D eigenvalue weighted by Gasteiger charge is -2.16. The molecule has 1 heterocycles. The lowest BCUT2D eigenvalue weighted by atomic mass is 10.2. The summed E-state index contributed by atoms with van der Waals surface area (Å²) in [6, 6.07) is -0.237. The predicted molar refractivity (Wildman–Crippen MR) is 63.7 cm³/mol. The van der Waals surface area contributed by atoms with Crippen LogP contribution >= 0.6 is 0 Å². The van der Waals surface area contributed by atoms with E-state index in [1.165, 1.54) is 0 Å². The molecule has 0 aromatic heterocycles. The van der Waals surface area contributed by atoms with Gasteiger partial charge in [0.15, 0.2) is 0 Å². The van der Waals surface area contributed by atoms with Crippen LogP contribution in [0.5, 0.6) is 0 Å². The van der Waals surface area contributed by atoms with E-state index in [0.717, 1.165) is 0 Å². The average molecular weight is 248 g/mol. The summed E-state index contributed by atoms with van der Waals surface area (Å²) in [7, 11) is 0.766. The van der Waals surface area contributed by atoms with Gasteiger partial charge in [-0.25, -0.2) is 0 Å². The highest BCUT2D eigenvalue weighted by molar-refractivity contribution is 7.84. The van der Waals surface area contributed by atoms with E-state index >= 15 is 0 Å². The van der Waals surface area contributed by atoms with Crippen molar-refractivity contribution in [1.29, 1.82) is 0 Å². The van der Waals surface area contributed by atoms with Crippen molar-refractivity contribution in [2.45, 2.75) is 31.5 Å². The zero-order chi connectivity index (χ0) is 12.1. The van der Waals surface area contributed by atoms with Crippen molar-refractivity contribution in [3.05, 3.63) is 0 Å². The molecule has 1 rings (SSSR count). The zero-order valence-electron chi connectivity index (χ0n) is 9.99. The monoisotopic (exact) mass is 248 g/mol. The summed E-state index contributed by atoms with van der Waals surface area (Å²) in [5, 5.41) is 5.95. The van der Waals surface area contributed by atoms with Gasteiger partial charge in [0.1, 0.15) is 0 Å². The van der Waals surface area contributed by atoms with Crippen molar-refractivity contribution in [2.75, 3.05) is 25.7 Å². The summed E-state index contributed by atoms with van der Waals surface area (Å²) in [4.78, 5) is 11.8. The van der Waals surface area contributed by atoms with Crippen LogP contribution in [-0.4, -0.2) is 54.0 Å². The van der Waals surface area contributed by atoms with Crippen LogP contribution in [0.25, 0.3) is 0 Å². The third-order valence-electron chi connectivity index (χ3n) is 2.61. The number of amides is 1. The fourth-order valence-electron chi connectivity index (χ4n) is 1.82. The van der Waals surface area contributed by atoms with E-state index in [1.54, 1.807) is 13.4 Å². The molecule has 0 saturated carbocycles. The summed E-state index contributed by atoms with van der Waals surface area (Å²) < 4.78 is 16.1. The number of hydrogen-bond donors (Lipinski definition) is 2. The number of nitrogens with one attached hydrogen (secondary N) is 2. The Labute approximate surface area is 98.8 Å². The Hall–Kier alpha value is -0.460. The van der Waals surface area contributed by atoms with Crippen LogP contribution in [0.1, 0.15) is 13.3 Å². The first-order chi connectivity index (χ1) is 7.52. The minimum atomic E-state index is -0.882. The van der Waals surface area contributed by atoms with Crippen LogP contribution < -0.4 is 10.6 Å². The number of carbonyl (C=O) groups excluding carboxylic acids is 1. The molecular weight excluding hydrogens is 228 g/mol. The van der Waals surface area contributed by atoms with Crippen LogP contribution in [0.2, 0.25) is 0 Å². The molecule has 1 amide bonds. The maximum atomic E-state index is 11.8. The van der Waals surface area contributed by atoms with E-state index in [0.29, 0.717) is 18.7 Å². The Kier molecular flexibility index (Phi) is 5.37. The molecule has 1 aliphatic heterocycles. The van der Waals surface area contributed by atoms with E-state index in [9.17, 15) is 9.00 Å². The van der Waals surface area contributed by atoms with Crippen molar-refractivity contribution in [3.8, 4) is 0 Å². The van der Waals surface area contributed by atoms with Crippen molar-refractivity contribution < 1.29 is 13.7 Å². The summed E-state index contributed by atoms with van der Waals surface area (Å²) >= 11 is 0. The molecule has 6 heteroatoms. The molecule has 0 aromatic carbocycles. The molecule has 1 fully saturated rings. The highest BCUT2D eigenvalue weighted by Crippen LogP contribution is 2.09. The Balaban J connectivity index is 2.33. The minimum Gasteiger partial charge on any atom is -0.380 e. The first-order valence-electron chi connectivity index (χ1n) is 5.39. The molecule has 1 saturated heterocycles. The SMILES string of the molecule is COC1CNC(C(=O)NC(C)CS(C)=O)C1. The van der Waals surface area contributed by atoms with Crippen molar-refractivity contribution in [3.63, 3.8) is 0 Å². The lowest BCUT2D eigenvalue weighted by Crippen LogP contribution is -2.45. The summed E-state index contributed by atoms with van der Waals surface area (Å²) in [5.41, 5.74) is 0. The molecule has 16 heavy (non-hydrogen) atoms. The topological polar surface area (TPSA) is 67.4 Å². The van der Waals surface area contributed by atoms with Gasteiger partial charge in [-0.3, -0.25) is 9.00 Å². The zero-order valence-corrected chi connectivity index (χ0v) is 10.8. The van der Waals surface area contributed by atoms with Gasteiger partial charge in [0.2, 0.25) is 5.91 Å². The minimum absolute atomic E-state index is 0.0301. The van der Waals surface area contributed by atoms with Crippen LogP contribution in [0.3, 0.4) is 0 Å². The Morgan fingerprint density at radius 2 is 2.38 bits per heavy atom. The van der Waals surface area contributed by atoms with Crippen LogP contribution in [0, 0.1) is 0 Å². The number of hydrogen-bond acceptors (Lipinski definition) is 4. The predicted octanol–water partition coefficient (Wildman–Crippen LogP) is -0.753. The Morgan fingerprint density at radius 3 is 2.88 bits per heavy atom. The number of carbonyl (C=O) groups is 1. The quantitative estimate of drug-likeness (QED) is 0.671. The normalized spacial score (nSPS) is 28.7. The lowest BCUT2D eigenvalue weighted by molar-refractivity contribution is -0.123. The van der Waals surface area contributed by atoms with Crippen LogP contribution in [0.15, 0.2) is 0 Å². The fourth-order valence-corrected chi connectivity index (χ4v) is 2.61. The van der Waals surface area contributed by atoms with Crippen LogP contribution in [-0.2, 0) is 20.3 Å². The number of ether oxygens (including phenoxy) is 1. The van der Waals surface area contributed by atoms with Crippen molar-refractivity contribution in [1.82, 2.24) is 10.6 Å². The second-order valence-electron chi connectivity index (χ2n) is 4.20. The van der Waals surface area contributed by atoms with E-state index < -0.39 is 10.8 Å². The van der Waals surface area contributed by atoms with Gasteiger partial charge in [0.05, 0.1) is 12.1 Å². The van der Waals surface area contributed by atoms with Gasteiger partial charge in [-0.15, -0.1) is 0 Å². The highest BCUT2D eigenvalue weighted by Gasteiger charge is 2.29. The number of rotatable bonds is 5. The van der Waals surface area contributed by atoms with Gasteiger partial charge in [-0.05, 0) is 13.3 Å². The van der Waals surface area contributed by atoms with E-state index in [-0.39, 0.29) is 24.1 Å². The van der Waals surface area contributed by atoms with Gasteiger partial charge in [0.25, 0.3) is 0 Å². The molecule has 1 aliphatic rings. The summed E-state index contributed by atoms with van der Waals surface area (Å²) in [5.74, 6) is 0.462. The van der Waals surface area contributed by atoms with Gasteiger partial charge in [-0.1, -0.05) is 0 Å². The molecule has 94 valence electrons. The highest BCUT2D eigenvalue weighted by atomic mass is 32.2. The molecule has 0 aromatic rings. The van der Waals surface area contributed by atoms with E-state index in [1.807, 2.05) is 6.92 Å². The Bertz CT molecular complexity index is 273. The van der Waals surface area contributed by atoms with Crippen LogP contribution in [0.4, 0.5) is 0 Å². The Morgan fingerprint density at radius 1 is 1.69 bits per heavy atom. The first kappa shape index (κ1) is 13.6.